The summed E-state index contributed by atoms with van der Waals surface area (Å²) >= 11 is 0. The molecule has 7 nitrogen and oxygen atoms in total. The zero-order valence-electron chi connectivity index (χ0n) is 16.3. The van der Waals surface area contributed by atoms with Crippen LogP contribution in [-0.2, 0) is 10.0 Å². The Morgan fingerprint density at radius 2 is 1.40 bits per heavy atom. The van der Waals surface area contributed by atoms with E-state index in [1.165, 1.54) is 17.8 Å². The van der Waals surface area contributed by atoms with Crippen LogP contribution in [0.25, 0.3) is 0 Å². The largest absolute Gasteiger partial charge is 0.368 e. The molecular weight excluding hydrogens is 398 g/mol. The van der Waals surface area contributed by atoms with Gasteiger partial charge in [0.05, 0.1) is 5.56 Å². The fraction of sp³-hybridized carbons (Fsp3) is 0.182. The number of benzene rings is 2. The van der Waals surface area contributed by atoms with Crippen molar-refractivity contribution in [1.29, 1.82) is 5.26 Å². The first-order valence-electron chi connectivity index (χ1n) is 9.59. The summed E-state index contributed by atoms with van der Waals surface area (Å²) in [5.41, 5.74) is 2.80. The number of rotatable bonds is 5. The molecule has 152 valence electrons. The number of sulfonamides is 1. The van der Waals surface area contributed by atoms with E-state index in [1.807, 2.05) is 30.3 Å². The van der Waals surface area contributed by atoms with E-state index in [9.17, 15) is 8.42 Å². The minimum Gasteiger partial charge on any atom is -0.368 e. The maximum absolute atomic E-state index is 12.7. The number of piperazine rings is 1. The van der Waals surface area contributed by atoms with Crippen LogP contribution in [0.15, 0.2) is 78.0 Å². The van der Waals surface area contributed by atoms with Crippen molar-refractivity contribution in [2.24, 2.45) is 0 Å². The molecule has 1 aromatic heterocycles. The second-order valence-corrected chi connectivity index (χ2v) is 8.59. The molecule has 0 amide bonds. The van der Waals surface area contributed by atoms with Crippen LogP contribution in [0, 0.1) is 11.3 Å². The minimum atomic E-state index is -3.83. The van der Waals surface area contributed by atoms with Crippen molar-refractivity contribution in [3.8, 4) is 6.07 Å². The Morgan fingerprint density at radius 1 is 0.833 bits per heavy atom. The van der Waals surface area contributed by atoms with Gasteiger partial charge in [-0.05, 0) is 48.5 Å². The van der Waals surface area contributed by atoms with Crippen molar-refractivity contribution >= 4 is 27.1 Å². The van der Waals surface area contributed by atoms with Crippen LogP contribution < -0.4 is 14.5 Å². The number of hydrogen-bond donors (Lipinski definition) is 1. The quantitative estimate of drug-likeness (QED) is 0.684. The topological polar surface area (TPSA) is 89.3 Å². The van der Waals surface area contributed by atoms with Crippen LogP contribution in [0.1, 0.15) is 5.56 Å². The van der Waals surface area contributed by atoms with Crippen molar-refractivity contribution in [2.75, 3.05) is 40.7 Å². The first kappa shape index (κ1) is 19.7. The van der Waals surface area contributed by atoms with E-state index in [4.69, 9.17) is 5.26 Å². The number of pyridine rings is 1. The minimum absolute atomic E-state index is 0.0242. The van der Waals surface area contributed by atoms with Gasteiger partial charge < -0.3 is 9.80 Å². The lowest BCUT2D eigenvalue weighted by atomic mass is 10.2. The average molecular weight is 420 g/mol. The van der Waals surface area contributed by atoms with Gasteiger partial charge in [0.2, 0.25) is 0 Å². The summed E-state index contributed by atoms with van der Waals surface area (Å²) in [7, 11) is -3.83. The van der Waals surface area contributed by atoms with E-state index in [0.717, 1.165) is 31.9 Å². The molecule has 1 fully saturated rings. The molecule has 8 heteroatoms. The molecule has 1 aliphatic rings. The maximum Gasteiger partial charge on any atom is 0.263 e. The fourth-order valence-electron chi connectivity index (χ4n) is 3.52. The van der Waals surface area contributed by atoms with Crippen LogP contribution in [0.3, 0.4) is 0 Å². The first-order chi connectivity index (χ1) is 14.6. The number of aromatic nitrogens is 1. The lowest BCUT2D eigenvalue weighted by Crippen LogP contribution is -2.46. The summed E-state index contributed by atoms with van der Waals surface area (Å²) < 4.78 is 27.9. The average Bonchev–Trinajstić information content (AvgIpc) is 2.80. The monoisotopic (exact) mass is 419 g/mol. The van der Waals surface area contributed by atoms with Gasteiger partial charge in [0.15, 0.2) is 0 Å². The van der Waals surface area contributed by atoms with Crippen molar-refractivity contribution in [3.05, 3.63) is 78.6 Å². The van der Waals surface area contributed by atoms with Gasteiger partial charge in [-0.1, -0.05) is 12.1 Å². The van der Waals surface area contributed by atoms with Crippen LogP contribution in [0.2, 0.25) is 0 Å². The summed E-state index contributed by atoms with van der Waals surface area (Å²) in [6, 6.07) is 19.4. The summed E-state index contributed by atoms with van der Waals surface area (Å²) in [6.45, 7) is 3.57. The third-order valence-electron chi connectivity index (χ3n) is 5.09. The molecule has 0 aliphatic carbocycles. The lowest BCUT2D eigenvalue weighted by molar-refractivity contribution is 0.601. The van der Waals surface area contributed by atoms with Gasteiger partial charge in [-0.2, -0.15) is 5.26 Å². The van der Waals surface area contributed by atoms with E-state index in [-0.39, 0.29) is 10.5 Å². The second-order valence-electron chi connectivity index (χ2n) is 6.94. The number of nitrogens with one attached hydrogen (secondary N) is 1. The Kier molecular flexibility index (Phi) is 5.55. The molecule has 1 saturated heterocycles. The van der Waals surface area contributed by atoms with Crippen LogP contribution >= 0.6 is 0 Å². The fourth-order valence-corrected chi connectivity index (χ4v) is 4.74. The van der Waals surface area contributed by atoms with Gasteiger partial charge in [-0.3, -0.25) is 9.71 Å². The van der Waals surface area contributed by atoms with Crippen molar-refractivity contribution in [1.82, 2.24) is 4.98 Å². The zero-order valence-corrected chi connectivity index (χ0v) is 17.1. The SMILES string of the molecule is N#Cc1ccccc1S(=O)(=O)Nc1ccc(N2CCN(c3ccncc3)CC2)cc1. The first-order valence-corrected chi connectivity index (χ1v) is 11.1. The second kappa shape index (κ2) is 8.43. The Morgan fingerprint density at radius 3 is 2.00 bits per heavy atom. The lowest BCUT2D eigenvalue weighted by Gasteiger charge is -2.37. The zero-order chi connectivity index (χ0) is 21.0. The predicted molar refractivity (Wildman–Crippen MR) is 117 cm³/mol. The van der Waals surface area contributed by atoms with Crippen molar-refractivity contribution < 1.29 is 8.42 Å². The maximum atomic E-state index is 12.7. The molecule has 30 heavy (non-hydrogen) atoms. The van der Waals surface area contributed by atoms with Crippen LogP contribution in [-0.4, -0.2) is 39.6 Å². The Balaban J connectivity index is 1.42. The summed E-state index contributed by atoms with van der Waals surface area (Å²) in [5, 5.41) is 9.17. The molecule has 1 N–H and O–H groups in total. The van der Waals surface area contributed by atoms with Gasteiger partial charge >= 0.3 is 0 Å². The Bertz CT molecular complexity index is 1150. The smallest absolute Gasteiger partial charge is 0.263 e. The van der Waals surface area contributed by atoms with Crippen LogP contribution in [0.5, 0.6) is 0 Å². The highest BCUT2D eigenvalue weighted by molar-refractivity contribution is 7.92. The molecule has 0 bridgehead atoms. The molecule has 0 radical (unpaired) electrons. The number of nitriles is 1. The highest BCUT2D eigenvalue weighted by Crippen LogP contribution is 2.24. The Labute approximate surface area is 176 Å². The predicted octanol–water partition coefficient (Wildman–Crippen LogP) is 3.08. The standard InChI is InChI=1S/C22H21N5O2S/c23-17-18-3-1-2-4-22(18)30(28,29)25-19-5-7-20(8-6-19)26-13-15-27(16-14-26)21-9-11-24-12-10-21/h1-12,25H,13-16H2. The van der Waals surface area contributed by atoms with Gasteiger partial charge in [-0.15, -0.1) is 0 Å². The molecule has 2 heterocycles. The van der Waals surface area contributed by atoms with Gasteiger partial charge in [0, 0.05) is 55.6 Å². The van der Waals surface area contributed by atoms with E-state index in [1.54, 1.807) is 36.7 Å². The molecule has 0 unspecified atom stereocenters. The normalized spacial score (nSPS) is 14.2. The summed E-state index contributed by atoms with van der Waals surface area (Å²) in [6.07, 6.45) is 3.60. The van der Waals surface area contributed by atoms with E-state index < -0.39 is 10.0 Å². The molecule has 0 saturated carbocycles. The highest BCUT2D eigenvalue weighted by Gasteiger charge is 2.20. The third-order valence-corrected chi connectivity index (χ3v) is 6.53. The number of anilines is 3. The van der Waals surface area contributed by atoms with Crippen molar-refractivity contribution in [3.63, 3.8) is 0 Å². The molecule has 0 atom stereocenters. The van der Waals surface area contributed by atoms with Crippen molar-refractivity contribution in [2.45, 2.75) is 4.90 Å². The number of hydrogen-bond acceptors (Lipinski definition) is 6. The summed E-state index contributed by atoms with van der Waals surface area (Å²) in [4.78, 5) is 8.64. The molecule has 2 aromatic carbocycles. The highest BCUT2D eigenvalue weighted by atomic mass is 32.2. The Hall–Kier alpha value is -3.57. The van der Waals surface area contributed by atoms with Gasteiger partial charge in [-0.25, -0.2) is 8.42 Å². The third kappa shape index (κ3) is 4.21. The molecule has 3 aromatic rings. The molecule has 4 rings (SSSR count). The van der Waals surface area contributed by atoms with Crippen LogP contribution in [0.4, 0.5) is 17.1 Å². The van der Waals surface area contributed by atoms with E-state index in [0.29, 0.717) is 5.69 Å². The van der Waals surface area contributed by atoms with Gasteiger partial charge in [0.1, 0.15) is 11.0 Å². The molecule has 1 aliphatic heterocycles. The number of nitrogens with zero attached hydrogens (tertiary/aromatic N) is 4. The summed E-state index contributed by atoms with van der Waals surface area (Å²) in [5.74, 6) is 0. The van der Waals surface area contributed by atoms with Gasteiger partial charge in [0.25, 0.3) is 10.0 Å². The van der Waals surface area contributed by atoms with E-state index in [2.05, 4.69) is 19.5 Å². The molecule has 0 spiro atoms. The molecular formula is C22H21N5O2S. The van der Waals surface area contributed by atoms with E-state index >= 15 is 0 Å².